The molecular formula is C13H15NO2. The lowest BCUT2D eigenvalue weighted by Gasteiger charge is -2.34. The lowest BCUT2D eigenvalue weighted by atomic mass is 9.69. The number of benzene rings is 1. The Labute approximate surface area is 94.5 Å². The Morgan fingerprint density at radius 1 is 1.38 bits per heavy atom. The number of fused-ring (bicyclic) bond motifs is 2. The van der Waals surface area contributed by atoms with Crippen LogP contribution in [0.5, 0.6) is 5.75 Å². The molecule has 1 aromatic rings. The Kier molecular flexibility index (Phi) is 1.96. The Balaban J connectivity index is 2.11. The first kappa shape index (κ1) is 9.70. The van der Waals surface area contributed by atoms with Crippen molar-refractivity contribution in [1.29, 1.82) is 0 Å². The monoisotopic (exact) mass is 217 g/mol. The van der Waals surface area contributed by atoms with Crippen molar-refractivity contribution in [3.63, 3.8) is 0 Å². The van der Waals surface area contributed by atoms with Gasteiger partial charge in [0.05, 0.1) is 0 Å². The van der Waals surface area contributed by atoms with E-state index >= 15 is 0 Å². The minimum atomic E-state index is -0.0522. The number of aryl methyl sites for hydroxylation is 1. The average molecular weight is 217 g/mol. The molecule has 0 bridgehead atoms. The van der Waals surface area contributed by atoms with E-state index in [1.165, 1.54) is 11.1 Å². The average Bonchev–Trinajstić information content (AvgIpc) is 2.63. The Morgan fingerprint density at radius 3 is 3.00 bits per heavy atom. The minimum Gasteiger partial charge on any atom is -0.508 e. The van der Waals surface area contributed by atoms with Crippen LogP contribution in [-0.4, -0.2) is 17.6 Å². The van der Waals surface area contributed by atoms with E-state index in [0.29, 0.717) is 12.2 Å². The van der Waals surface area contributed by atoms with Crippen molar-refractivity contribution in [3.05, 3.63) is 29.3 Å². The van der Waals surface area contributed by atoms with Crippen LogP contribution in [0.3, 0.4) is 0 Å². The number of phenols is 1. The number of aromatic hydroxyl groups is 1. The first-order chi connectivity index (χ1) is 7.70. The summed E-state index contributed by atoms with van der Waals surface area (Å²) in [7, 11) is 0. The first-order valence-electron chi connectivity index (χ1n) is 5.79. The van der Waals surface area contributed by atoms with Crippen molar-refractivity contribution >= 4 is 5.91 Å². The third-order valence-corrected chi connectivity index (χ3v) is 3.89. The van der Waals surface area contributed by atoms with Crippen LogP contribution in [0.2, 0.25) is 0 Å². The fourth-order valence-electron chi connectivity index (χ4n) is 3.10. The van der Waals surface area contributed by atoms with E-state index in [2.05, 4.69) is 5.32 Å². The van der Waals surface area contributed by atoms with Gasteiger partial charge in [0.2, 0.25) is 5.91 Å². The van der Waals surface area contributed by atoms with Crippen LogP contribution in [0.25, 0.3) is 0 Å². The number of carbonyl (C=O) groups excluding carboxylic acids is 1. The number of amides is 1. The van der Waals surface area contributed by atoms with E-state index in [0.717, 1.165) is 25.8 Å². The molecule has 3 rings (SSSR count). The highest BCUT2D eigenvalue weighted by molar-refractivity contribution is 5.81. The van der Waals surface area contributed by atoms with Gasteiger partial charge in [-0.25, -0.2) is 0 Å². The summed E-state index contributed by atoms with van der Waals surface area (Å²) in [4.78, 5) is 11.4. The summed E-state index contributed by atoms with van der Waals surface area (Å²) >= 11 is 0. The van der Waals surface area contributed by atoms with E-state index in [-0.39, 0.29) is 11.3 Å². The topological polar surface area (TPSA) is 49.3 Å². The van der Waals surface area contributed by atoms with Gasteiger partial charge in [0.15, 0.2) is 0 Å². The van der Waals surface area contributed by atoms with E-state index in [1.807, 2.05) is 12.1 Å². The van der Waals surface area contributed by atoms with Crippen molar-refractivity contribution in [2.45, 2.75) is 31.1 Å². The third kappa shape index (κ3) is 1.31. The van der Waals surface area contributed by atoms with Crippen molar-refractivity contribution in [2.75, 3.05) is 6.54 Å². The molecule has 1 aliphatic carbocycles. The van der Waals surface area contributed by atoms with Gasteiger partial charge in [0.1, 0.15) is 5.75 Å². The van der Waals surface area contributed by atoms with Gasteiger partial charge in [-0.1, -0.05) is 6.07 Å². The lowest BCUT2D eigenvalue weighted by molar-refractivity contribution is -0.119. The lowest BCUT2D eigenvalue weighted by Crippen LogP contribution is -2.33. The minimum absolute atomic E-state index is 0.0522. The van der Waals surface area contributed by atoms with Gasteiger partial charge in [0, 0.05) is 18.4 Å². The molecule has 1 heterocycles. The highest BCUT2D eigenvalue weighted by atomic mass is 16.3. The van der Waals surface area contributed by atoms with Gasteiger partial charge in [0.25, 0.3) is 0 Å². The number of hydrogen-bond acceptors (Lipinski definition) is 2. The smallest absolute Gasteiger partial charge is 0.220 e. The molecule has 0 radical (unpaired) electrons. The summed E-state index contributed by atoms with van der Waals surface area (Å²) in [5, 5.41) is 12.5. The van der Waals surface area contributed by atoms with Gasteiger partial charge < -0.3 is 10.4 Å². The zero-order valence-corrected chi connectivity index (χ0v) is 9.12. The second-order valence-corrected chi connectivity index (χ2v) is 4.93. The summed E-state index contributed by atoms with van der Waals surface area (Å²) in [6.45, 7) is 0.724. The molecule has 1 saturated heterocycles. The maximum Gasteiger partial charge on any atom is 0.220 e. The summed E-state index contributed by atoms with van der Waals surface area (Å²) < 4.78 is 0. The predicted molar refractivity (Wildman–Crippen MR) is 60.3 cm³/mol. The molecule has 1 aliphatic heterocycles. The largest absolute Gasteiger partial charge is 0.508 e. The molecular weight excluding hydrogens is 202 g/mol. The van der Waals surface area contributed by atoms with Crippen LogP contribution in [0.15, 0.2) is 18.2 Å². The Hall–Kier alpha value is -1.51. The molecule has 84 valence electrons. The summed E-state index contributed by atoms with van der Waals surface area (Å²) in [5.41, 5.74) is 2.42. The maximum absolute atomic E-state index is 11.4. The Morgan fingerprint density at radius 2 is 2.25 bits per heavy atom. The molecule has 16 heavy (non-hydrogen) atoms. The molecule has 1 unspecified atom stereocenters. The number of phenolic OH excluding ortho intramolecular Hbond substituents is 1. The number of hydrogen-bond donors (Lipinski definition) is 2. The molecule has 1 spiro atoms. The van der Waals surface area contributed by atoms with E-state index in [9.17, 15) is 9.90 Å². The summed E-state index contributed by atoms with van der Waals surface area (Å²) in [6.07, 6.45) is 3.81. The molecule has 2 N–H and O–H groups in total. The van der Waals surface area contributed by atoms with E-state index in [4.69, 9.17) is 0 Å². The maximum atomic E-state index is 11.4. The zero-order valence-electron chi connectivity index (χ0n) is 9.12. The highest BCUT2D eigenvalue weighted by Crippen LogP contribution is 2.43. The predicted octanol–water partition coefficient (Wildman–Crippen LogP) is 1.49. The third-order valence-electron chi connectivity index (χ3n) is 3.89. The second-order valence-electron chi connectivity index (χ2n) is 4.93. The van der Waals surface area contributed by atoms with Crippen LogP contribution in [-0.2, 0) is 16.6 Å². The molecule has 1 amide bonds. The summed E-state index contributed by atoms with van der Waals surface area (Å²) in [5.74, 6) is 0.440. The van der Waals surface area contributed by atoms with E-state index < -0.39 is 0 Å². The van der Waals surface area contributed by atoms with Crippen molar-refractivity contribution < 1.29 is 9.90 Å². The van der Waals surface area contributed by atoms with Gasteiger partial charge >= 0.3 is 0 Å². The standard InChI is InChI=1S/C13H15NO2/c15-10-4-3-9-2-1-5-13(11(9)6-10)7-12(16)14-8-13/h3-4,6,15H,1-2,5,7-8H2,(H,14,16). The molecule has 1 aromatic carbocycles. The van der Waals surface area contributed by atoms with Crippen LogP contribution in [0.1, 0.15) is 30.4 Å². The van der Waals surface area contributed by atoms with Gasteiger partial charge in [-0.15, -0.1) is 0 Å². The van der Waals surface area contributed by atoms with Crippen LogP contribution < -0.4 is 5.32 Å². The SMILES string of the molecule is O=C1CC2(CCCc3ccc(O)cc32)CN1. The summed E-state index contributed by atoms with van der Waals surface area (Å²) in [6, 6.07) is 5.57. The van der Waals surface area contributed by atoms with Crippen LogP contribution in [0, 0.1) is 0 Å². The second kappa shape index (κ2) is 3.24. The van der Waals surface area contributed by atoms with E-state index in [1.54, 1.807) is 6.07 Å². The Bertz CT molecular complexity index is 455. The quantitative estimate of drug-likeness (QED) is 0.691. The fraction of sp³-hybridized carbons (Fsp3) is 0.462. The van der Waals surface area contributed by atoms with Crippen LogP contribution >= 0.6 is 0 Å². The molecule has 1 fully saturated rings. The molecule has 1 atom stereocenters. The van der Waals surface area contributed by atoms with Gasteiger partial charge in [-0.05, 0) is 42.5 Å². The number of rotatable bonds is 0. The molecule has 0 saturated carbocycles. The van der Waals surface area contributed by atoms with Crippen LogP contribution in [0.4, 0.5) is 0 Å². The molecule has 3 heteroatoms. The normalized spacial score (nSPS) is 27.9. The molecule has 2 aliphatic rings. The molecule has 0 aromatic heterocycles. The van der Waals surface area contributed by atoms with Gasteiger partial charge in [-0.2, -0.15) is 0 Å². The van der Waals surface area contributed by atoms with Gasteiger partial charge in [-0.3, -0.25) is 4.79 Å². The first-order valence-corrected chi connectivity index (χ1v) is 5.79. The van der Waals surface area contributed by atoms with Crippen molar-refractivity contribution in [1.82, 2.24) is 5.32 Å². The number of carbonyl (C=O) groups is 1. The van der Waals surface area contributed by atoms with Crippen molar-refractivity contribution in [2.24, 2.45) is 0 Å². The zero-order chi connectivity index (χ0) is 11.2. The highest BCUT2D eigenvalue weighted by Gasteiger charge is 2.42. The molecule has 3 nitrogen and oxygen atoms in total. The fourth-order valence-corrected chi connectivity index (χ4v) is 3.10. The van der Waals surface area contributed by atoms with Crippen molar-refractivity contribution in [3.8, 4) is 5.75 Å². The number of nitrogens with one attached hydrogen (secondary N) is 1.